The molecule has 8 heteroatoms. The van der Waals surface area contributed by atoms with Crippen molar-refractivity contribution in [2.45, 2.75) is 56.5 Å². The van der Waals surface area contributed by atoms with Crippen molar-refractivity contribution in [1.82, 2.24) is 14.9 Å². The first-order valence-corrected chi connectivity index (χ1v) is 12.5. The maximum atomic E-state index is 13.8. The zero-order chi connectivity index (χ0) is 23.7. The van der Waals surface area contributed by atoms with E-state index in [-0.39, 0.29) is 22.5 Å². The Morgan fingerprint density at radius 1 is 1.24 bits per heavy atom. The Bertz CT molecular complexity index is 1250. The second kappa shape index (κ2) is 9.85. The highest BCUT2D eigenvalue weighted by atomic mass is 35.5. The number of para-hydroxylation sites is 1. The summed E-state index contributed by atoms with van der Waals surface area (Å²) in [5.41, 5.74) is 0.638. The van der Waals surface area contributed by atoms with Gasteiger partial charge in [0, 0.05) is 6.04 Å². The molecule has 4 atom stereocenters. The predicted molar refractivity (Wildman–Crippen MR) is 132 cm³/mol. The third-order valence-corrected chi connectivity index (χ3v) is 7.93. The standard InChI is InChI=1S/C25H27ClFN3O2S/c1-14-7-6-10-21(15(14)2)28-23(31)16(3)33-25-29-22-9-5-4-8-18(22)24(32)30(25)17-11-12-20(27)19(26)13-17/h4-5,8-9,11-16,21H,6-7,10H2,1-3H3,(H,28,31)/t14-,15+,16+,21+/m0/s1. The first-order chi connectivity index (χ1) is 15.8. The Morgan fingerprint density at radius 2 is 2.00 bits per heavy atom. The van der Waals surface area contributed by atoms with E-state index in [0.29, 0.717) is 33.6 Å². The quantitative estimate of drug-likeness (QED) is 0.376. The zero-order valence-electron chi connectivity index (χ0n) is 18.8. The van der Waals surface area contributed by atoms with Gasteiger partial charge in [-0.05, 0) is 55.5 Å². The summed E-state index contributed by atoms with van der Waals surface area (Å²) in [6.45, 7) is 6.22. The van der Waals surface area contributed by atoms with E-state index in [1.54, 1.807) is 25.1 Å². The van der Waals surface area contributed by atoms with Crippen molar-refractivity contribution in [3.63, 3.8) is 0 Å². The maximum Gasteiger partial charge on any atom is 0.266 e. The smallest absolute Gasteiger partial charge is 0.266 e. The van der Waals surface area contributed by atoms with E-state index in [1.807, 2.05) is 6.07 Å². The highest BCUT2D eigenvalue weighted by molar-refractivity contribution is 8.00. The van der Waals surface area contributed by atoms with Crippen LogP contribution in [0.3, 0.4) is 0 Å². The molecule has 174 valence electrons. The number of hydrogen-bond acceptors (Lipinski definition) is 4. The zero-order valence-corrected chi connectivity index (χ0v) is 20.4. The van der Waals surface area contributed by atoms with Crippen LogP contribution < -0.4 is 10.9 Å². The number of carbonyl (C=O) groups is 1. The highest BCUT2D eigenvalue weighted by Crippen LogP contribution is 2.31. The number of aromatic nitrogens is 2. The molecule has 0 spiro atoms. The molecule has 5 nitrogen and oxygen atoms in total. The fourth-order valence-electron chi connectivity index (χ4n) is 4.34. The topological polar surface area (TPSA) is 64.0 Å². The van der Waals surface area contributed by atoms with E-state index in [1.165, 1.54) is 40.9 Å². The number of thioether (sulfide) groups is 1. The van der Waals surface area contributed by atoms with E-state index in [9.17, 15) is 14.0 Å². The van der Waals surface area contributed by atoms with E-state index in [2.05, 4.69) is 24.1 Å². The molecule has 3 aromatic rings. The number of hydrogen-bond donors (Lipinski definition) is 1. The molecule has 1 saturated carbocycles. The molecule has 2 aromatic carbocycles. The number of nitrogens with zero attached hydrogens (tertiary/aromatic N) is 2. The van der Waals surface area contributed by atoms with Gasteiger partial charge in [0.1, 0.15) is 5.82 Å². The van der Waals surface area contributed by atoms with Crippen LogP contribution in [0.2, 0.25) is 5.02 Å². The molecule has 1 aromatic heterocycles. The van der Waals surface area contributed by atoms with Crippen molar-refractivity contribution in [3.05, 3.63) is 63.7 Å². The highest BCUT2D eigenvalue weighted by Gasteiger charge is 2.30. The number of amides is 1. The molecule has 4 rings (SSSR count). The van der Waals surface area contributed by atoms with Crippen LogP contribution in [-0.4, -0.2) is 26.8 Å². The van der Waals surface area contributed by atoms with Crippen molar-refractivity contribution < 1.29 is 9.18 Å². The summed E-state index contributed by atoms with van der Waals surface area (Å²) >= 11 is 7.20. The van der Waals surface area contributed by atoms with Gasteiger partial charge in [0.15, 0.2) is 5.16 Å². The van der Waals surface area contributed by atoms with Crippen LogP contribution >= 0.6 is 23.4 Å². The van der Waals surface area contributed by atoms with Gasteiger partial charge in [0.05, 0.1) is 26.9 Å². The van der Waals surface area contributed by atoms with Gasteiger partial charge in [-0.1, -0.05) is 62.2 Å². The minimum absolute atomic E-state index is 0.0861. The number of halogens is 2. The van der Waals surface area contributed by atoms with Gasteiger partial charge in [-0.25, -0.2) is 9.37 Å². The molecule has 0 bridgehead atoms. The van der Waals surface area contributed by atoms with Crippen LogP contribution in [0.4, 0.5) is 4.39 Å². The minimum Gasteiger partial charge on any atom is -0.352 e. The number of rotatable bonds is 5. The van der Waals surface area contributed by atoms with E-state index in [0.717, 1.165) is 12.8 Å². The van der Waals surface area contributed by atoms with Gasteiger partial charge in [-0.3, -0.25) is 14.2 Å². The van der Waals surface area contributed by atoms with E-state index < -0.39 is 11.1 Å². The molecular formula is C25H27ClFN3O2S. The summed E-state index contributed by atoms with van der Waals surface area (Å²) < 4.78 is 15.2. The van der Waals surface area contributed by atoms with Crippen LogP contribution in [0.25, 0.3) is 16.6 Å². The first-order valence-electron chi connectivity index (χ1n) is 11.2. The lowest BCUT2D eigenvalue weighted by molar-refractivity contribution is -0.121. The third-order valence-electron chi connectivity index (χ3n) is 6.59. The molecule has 1 N–H and O–H groups in total. The second-order valence-corrected chi connectivity index (χ2v) is 10.5. The summed E-state index contributed by atoms with van der Waals surface area (Å²) in [7, 11) is 0. The summed E-state index contributed by atoms with van der Waals surface area (Å²) in [5, 5.41) is 3.42. The van der Waals surface area contributed by atoms with Crippen LogP contribution in [0.5, 0.6) is 0 Å². The van der Waals surface area contributed by atoms with Gasteiger partial charge in [-0.15, -0.1) is 0 Å². The summed E-state index contributed by atoms with van der Waals surface area (Å²) in [5.74, 6) is 0.331. The van der Waals surface area contributed by atoms with Crippen LogP contribution in [0, 0.1) is 17.7 Å². The molecule has 1 aliphatic rings. The van der Waals surface area contributed by atoms with Crippen LogP contribution in [0.1, 0.15) is 40.0 Å². The summed E-state index contributed by atoms with van der Waals surface area (Å²) in [6, 6.07) is 11.3. The third kappa shape index (κ3) is 4.94. The minimum atomic E-state index is -0.569. The van der Waals surface area contributed by atoms with Crippen molar-refractivity contribution in [3.8, 4) is 5.69 Å². The molecule has 1 amide bonds. The van der Waals surface area contributed by atoms with E-state index in [4.69, 9.17) is 11.6 Å². The maximum absolute atomic E-state index is 13.8. The fourth-order valence-corrected chi connectivity index (χ4v) is 5.45. The summed E-state index contributed by atoms with van der Waals surface area (Å²) in [6.07, 6.45) is 3.27. The lowest BCUT2D eigenvalue weighted by Crippen LogP contribution is -2.46. The van der Waals surface area contributed by atoms with Gasteiger partial charge < -0.3 is 5.32 Å². The molecule has 0 radical (unpaired) electrons. The Balaban J connectivity index is 1.68. The van der Waals surface area contributed by atoms with Crippen molar-refractivity contribution >= 4 is 40.2 Å². The monoisotopic (exact) mass is 487 g/mol. The van der Waals surface area contributed by atoms with E-state index >= 15 is 0 Å². The molecule has 0 unspecified atom stereocenters. The number of benzene rings is 2. The Kier molecular flexibility index (Phi) is 7.10. The van der Waals surface area contributed by atoms with Gasteiger partial charge >= 0.3 is 0 Å². The van der Waals surface area contributed by atoms with Crippen molar-refractivity contribution in [2.24, 2.45) is 11.8 Å². The SMILES string of the molecule is C[C@@H]1[C@@H](C)CCC[C@H]1NC(=O)[C@@H](C)Sc1nc2ccccc2c(=O)n1-c1ccc(F)c(Cl)c1. The van der Waals surface area contributed by atoms with Gasteiger partial charge in [0.25, 0.3) is 5.56 Å². The molecule has 0 saturated heterocycles. The molecule has 1 heterocycles. The number of fused-ring (bicyclic) bond motifs is 1. The second-order valence-electron chi connectivity index (χ2n) is 8.79. The number of nitrogens with one attached hydrogen (secondary N) is 1. The molecular weight excluding hydrogens is 461 g/mol. The lowest BCUT2D eigenvalue weighted by Gasteiger charge is -2.35. The Morgan fingerprint density at radius 3 is 2.76 bits per heavy atom. The number of carbonyl (C=O) groups excluding carboxylic acids is 1. The Labute approximate surface area is 201 Å². The fraction of sp³-hybridized carbons (Fsp3) is 0.400. The molecule has 0 aliphatic heterocycles. The predicted octanol–water partition coefficient (Wildman–Crippen LogP) is 5.60. The average Bonchev–Trinajstić information content (AvgIpc) is 2.79. The van der Waals surface area contributed by atoms with Gasteiger partial charge in [0.2, 0.25) is 5.91 Å². The van der Waals surface area contributed by atoms with Gasteiger partial charge in [-0.2, -0.15) is 0 Å². The normalized spacial score (nSPS) is 21.7. The van der Waals surface area contributed by atoms with Crippen LogP contribution in [-0.2, 0) is 4.79 Å². The Hall–Kier alpha value is -2.38. The van der Waals surface area contributed by atoms with Crippen LogP contribution in [0.15, 0.2) is 52.4 Å². The molecule has 1 fully saturated rings. The largest absolute Gasteiger partial charge is 0.352 e. The lowest BCUT2D eigenvalue weighted by atomic mass is 9.78. The first kappa shape index (κ1) is 23.8. The molecule has 1 aliphatic carbocycles. The average molecular weight is 488 g/mol. The van der Waals surface area contributed by atoms with Crippen molar-refractivity contribution in [2.75, 3.05) is 0 Å². The molecule has 33 heavy (non-hydrogen) atoms. The van der Waals surface area contributed by atoms with Crippen molar-refractivity contribution in [1.29, 1.82) is 0 Å². The summed E-state index contributed by atoms with van der Waals surface area (Å²) in [4.78, 5) is 31.1.